The molecule has 380 valence electrons. The lowest BCUT2D eigenvalue weighted by Crippen LogP contribution is -2.16. The molecule has 10 heteroatoms. The highest BCUT2D eigenvalue weighted by Crippen LogP contribution is 2.54. The third-order valence-electron chi connectivity index (χ3n) is 15.0. The summed E-state index contributed by atoms with van der Waals surface area (Å²) >= 11 is 7.07. The van der Waals surface area contributed by atoms with Crippen LogP contribution in [0.15, 0.2) is 276 Å². The maximum atomic E-state index is 6.96. The second kappa shape index (κ2) is 19.6. The lowest BCUT2D eigenvalue weighted by atomic mass is 10.1. The molecule has 0 atom stereocenters. The Labute approximate surface area is 477 Å². The highest BCUT2D eigenvalue weighted by Gasteiger charge is 2.30. The van der Waals surface area contributed by atoms with E-state index in [1.807, 2.05) is 73.1 Å². The Kier molecular flexibility index (Phi) is 11.6. The van der Waals surface area contributed by atoms with Gasteiger partial charge < -0.3 is 28.4 Å². The van der Waals surface area contributed by atoms with Gasteiger partial charge in [0.05, 0.1) is 91.3 Å². The Morgan fingerprint density at radius 3 is 0.950 bits per heavy atom. The Bertz CT molecular complexity index is 4370. The van der Waals surface area contributed by atoms with Gasteiger partial charge in [0.25, 0.3) is 0 Å². The number of nitrogens with zero attached hydrogens (tertiary/aromatic N) is 6. The Morgan fingerprint density at radius 1 is 0.287 bits per heavy atom. The summed E-state index contributed by atoms with van der Waals surface area (Å²) in [5.41, 5.74) is 16.6. The molecule has 2 aliphatic rings. The summed E-state index contributed by atoms with van der Waals surface area (Å²) in [7, 11) is 0. The van der Waals surface area contributed by atoms with Gasteiger partial charge in [-0.1, -0.05) is 165 Å². The number of rotatable bonds is 6. The van der Waals surface area contributed by atoms with Crippen molar-refractivity contribution in [2.24, 2.45) is 0 Å². The van der Waals surface area contributed by atoms with E-state index in [4.69, 9.17) is 19.4 Å². The summed E-state index contributed by atoms with van der Waals surface area (Å²) in [4.78, 5) is 14.1. The third-order valence-corrected chi connectivity index (χ3v) is 15.9. The van der Waals surface area contributed by atoms with Crippen LogP contribution >= 0.6 is 31.9 Å². The van der Waals surface area contributed by atoms with E-state index in [2.05, 4.69) is 245 Å². The van der Waals surface area contributed by atoms with Crippen LogP contribution in [0.3, 0.4) is 0 Å². The fraction of sp³-hybridized carbons (Fsp3) is 0. The predicted molar refractivity (Wildman–Crippen MR) is 333 cm³/mol. The molecule has 0 unspecified atom stereocenters. The van der Waals surface area contributed by atoms with Crippen LogP contribution in [-0.2, 0) is 0 Å². The van der Waals surface area contributed by atoms with E-state index in [1.165, 1.54) is 21.5 Å². The minimum Gasteiger partial charge on any atom is -0.453 e. The maximum absolute atomic E-state index is 6.96. The smallest absolute Gasteiger partial charge is 0.153 e. The van der Waals surface area contributed by atoms with E-state index in [0.29, 0.717) is 0 Å². The number of pyridine rings is 2. The molecular weight excluding hydrogens is 1120 g/mol. The molecule has 0 N–H and O–H groups in total. The molecule has 10 aromatic carbocycles. The van der Waals surface area contributed by atoms with Crippen LogP contribution in [0.1, 0.15) is 0 Å². The first kappa shape index (κ1) is 47.5. The van der Waals surface area contributed by atoms with E-state index in [1.54, 1.807) is 0 Å². The van der Waals surface area contributed by atoms with E-state index < -0.39 is 0 Å². The number of aromatic nitrogens is 4. The monoisotopic (exact) mass is 1160 g/mol. The van der Waals surface area contributed by atoms with Gasteiger partial charge in [0.1, 0.15) is 0 Å². The van der Waals surface area contributed by atoms with Gasteiger partial charge >= 0.3 is 0 Å². The summed E-state index contributed by atoms with van der Waals surface area (Å²) in [6.07, 6.45) is 3.87. The van der Waals surface area contributed by atoms with Gasteiger partial charge in [-0.05, 0) is 109 Å². The predicted octanol–water partition coefficient (Wildman–Crippen LogP) is 20.4. The average Bonchev–Trinajstić information content (AvgIpc) is 4.06. The van der Waals surface area contributed by atoms with Crippen LogP contribution in [0.2, 0.25) is 0 Å². The minimum atomic E-state index is 0.776. The fourth-order valence-electron chi connectivity index (χ4n) is 11.4. The van der Waals surface area contributed by atoms with E-state index in [-0.39, 0.29) is 0 Å². The largest absolute Gasteiger partial charge is 0.453 e. The molecule has 0 amide bonds. The third kappa shape index (κ3) is 8.18. The summed E-state index contributed by atoms with van der Waals surface area (Å²) < 4.78 is 19.7. The molecule has 0 spiro atoms. The number of para-hydroxylation sites is 4. The number of anilines is 6. The SMILES string of the molecule is Brc1ccc2c(c1)Oc1cc(Br)ccc1N2c1ccc(-c2ccccc2)nc1.c1ccc(-c2ccc(N3c4ccc(-n5c6ccccc6c6ccccc65)cc4Oc4cc(-n5c6ccccc6c6ccccc65)ccc43)cn2)cc1. The van der Waals surface area contributed by atoms with Gasteiger partial charge in [-0.3, -0.25) is 9.97 Å². The Hall–Kier alpha value is -9.74. The van der Waals surface area contributed by atoms with Crippen molar-refractivity contribution >= 4 is 110 Å². The molecule has 0 saturated carbocycles. The fourth-order valence-corrected chi connectivity index (χ4v) is 12.1. The van der Waals surface area contributed by atoms with Gasteiger partial charge in [0, 0.05) is 53.7 Å². The van der Waals surface area contributed by atoms with Crippen molar-refractivity contribution < 1.29 is 9.47 Å². The van der Waals surface area contributed by atoms with Crippen molar-refractivity contribution in [3.63, 3.8) is 0 Å². The standard InChI is InChI=1S/C47H30N4O.C23H14Br2N2O/c1-2-12-31(13-3-1)39-25-22-34(30-48-39)51-44-26-23-32(49-40-18-8-4-14-35(40)36-15-5-9-19-41(36)49)28-46(44)52-47-29-33(24-27-45(47)51)50-42-20-10-6-16-37(42)38-17-7-11-21-43(38)50;24-16-6-10-20-22(12-16)28-23-13-17(25)7-11-21(23)27(20)18-8-9-19(26-14-18)15-4-2-1-3-5-15/h1-30H;1-14H. The van der Waals surface area contributed by atoms with Crippen LogP contribution in [0.5, 0.6) is 23.0 Å². The van der Waals surface area contributed by atoms with Crippen molar-refractivity contribution in [3.05, 3.63) is 276 Å². The van der Waals surface area contributed by atoms with E-state index in [9.17, 15) is 0 Å². The summed E-state index contributed by atoms with van der Waals surface area (Å²) in [5.74, 6) is 3.15. The van der Waals surface area contributed by atoms with Gasteiger partial charge in [-0.25, -0.2) is 0 Å². The zero-order valence-corrected chi connectivity index (χ0v) is 45.8. The molecule has 4 aromatic heterocycles. The first-order chi connectivity index (χ1) is 39.5. The zero-order chi connectivity index (χ0) is 53.3. The molecule has 80 heavy (non-hydrogen) atoms. The highest BCUT2D eigenvalue weighted by atomic mass is 79.9. The van der Waals surface area contributed by atoms with E-state index in [0.717, 1.165) is 122 Å². The molecule has 0 bridgehead atoms. The van der Waals surface area contributed by atoms with E-state index >= 15 is 0 Å². The maximum Gasteiger partial charge on any atom is 0.153 e. The van der Waals surface area contributed by atoms with Gasteiger partial charge in [-0.15, -0.1) is 0 Å². The summed E-state index contributed by atoms with van der Waals surface area (Å²) in [6.45, 7) is 0. The topological polar surface area (TPSA) is 60.6 Å². The van der Waals surface area contributed by atoms with Gasteiger partial charge in [0.15, 0.2) is 23.0 Å². The molecule has 0 fully saturated rings. The summed E-state index contributed by atoms with van der Waals surface area (Å²) in [6, 6.07) is 88.4. The second-order valence-electron chi connectivity index (χ2n) is 19.7. The number of benzene rings is 10. The first-order valence-corrected chi connectivity index (χ1v) is 27.9. The van der Waals surface area contributed by atoms with Crippen LogP contribution < -0.4 is 19.3 Å². The van der Waals surface area contributed by atoms with Crippen LogP contribution in [0.25, 0.3) is 77.5 Å². The van der Waals surface area contributed by atoms with Crippen molar-refractivity contribution in [1.82, 2.24) is 19.1 Å². The highest BCUT2D eigenvalue weighted by molar-refractivity contribution is 9.10. The number of hydrogen-bond donors (Lipinski definition) is 0. The lowest BCUT2D eigenvalue weighted by Gasteiger charge is -2.33. The van der Waals surface area contributed by atoms with Gasteiger partial charge in [-0.2, -0.15) is 0 Å². The van der Waals surface area contributed by atoms with Crippen molar-refractivity contribution in [3.8, 4) is 56.9 Å². The van der Waals surface area contributed by atoms with Crippen molar-refractivity contribution in [2.75, 3.05) is 9.80 Å². The molecule has 6 heterocycles. The number of hydrogen-bond acceptors (Lipinski definition) is 6. The molecular formula is C70H44Br2N6O2. The molecule has 14 aromatic rings. The van der Waals surface area contributed by atoms with Crippen LogP contribution in [0.4, 0.5) is 34.1 Å². The zero-order valence-electron chi connectivity index (χ0n) is 42.7. The van der Waals surface area contributed by atoms with Crippen LogP contribution in [0, 0.1) is 0 Å². The molecule has 16 rings (SSSR count). The van der Waals surface area contributed by atoms with Crippen molar-refractivity contribution in [1.29, 1.82) is 0 Å². The molecule has 8 nitrogen and oxygen atoms in total. The lowest BCUT2D eigenvalue weighted by molar-refractivity contribution is 0.476. The first-order valence-electron chi connectivity index (χ1n) is 26.3. The average molecular weight is 1160 g/mol. The Morgan fingerprint density at radius 2 is 0.600 bits per heavy atom. The number of fused-ring (bicyclic) bond motifs is 10. The summed E-state index contributed by atoms with van der Waals surface area (Å²) in [5, 5.41) is 4.90. The Balaban J connectivity index is 0.000000166. The van der Waals surface area contributed by atoms with Crippen molar-refractivity contribution in [2.45, 2.75) is 0 Å². The quantitative estimate of drug-likeness (QED) is 0.165. The minimum absolute atomic E-state index is 0.776. The number of ether oxygens (including phenoxy) is 2. The molecule has 0 saturated heterocycles. The van der Waals surface area contributed by atoms with Gasteiger partial charge in [0.2, 0.25) is 0 Å². The molecule has 0 radical (unpaired) electrons. The molecule has 2 aliphatic heterocycles. The normalized spacial score (nSPS) is 12.3. The number of halogens is 2. The molecule has 0 aliphatic carbocycles. The second-order valence-corrected chi connectivity index (χ2v) is 21.5. The van der Waals surface area contributed by atoms with Crippen LogP contribution in [-0.4, -0.2) is 19.1 Å².